The maximum atomic E-state index is 4.38. The molecule has 0 radical (unpaired) electrons. The van der Waals surface area contributed by atoms with Crippen molar-refractivity contribution < 1.29 is 0 Å². The molecule has 0 aliphatic rings. The second kappa shape index (κ2) is 5.64. The molecule has 3 aromatic rings. The maximum absolute atomic E-state index is 4.38. The summed E-state index contributed by atoms with van der Waals surface area (Å²) in [5.41, 5.74) is 2.09. The van der Waals surface area contributed by atoms with E-state index in [1.807, 2.05) is 30.5 Å². The molecule has 20 heavy (non-hydrogen) atoms. The Balaban J connectivity index is 2.03. The minimum atomic E-state index is 0.236. The quantitative estimate of drug-likeness (QED) is 0.797. The molecule has 1 unspecified atom stereocenters. The highest BCUT2D eigenvalue weighted by Crippen LogP contribution is 2.31. The van der Waals surface area contributed by atoms with Crippen molar-refractivity contribution in [2.24, 2.45) is 0 Å². The first-order chi connectivity index (χ1) is 9.79. The van der Waals surface area contributed by atoms with Crippen LogP contribution in [0.2, 0.25) is 0 Å². The topological polar surface area (TPSA) is 50.7 Å². The van der Waals surface area contributed by atoms with Gasteiger partial charge in [-0.2, -0.15) is 0 Å². The Morgan fingerprint density at radius 3 is 2.90 bits per heavy atom. The number of pyridine rings is 1. The molecule has 4 nitrogen and oxygen atoms in total. The summed E-state index contributed by atoms with van der Waals surface area (Å²) >= 11 is 1.64. The molecule has 0 aliphatic carbocycles. The van der Waals surface area contributed by atoms with Gasteiger partial charge in [-0.15, -0.1) is 10.2 Å². The third-order valence-corrected chi connectivity index (χ3v) is 4.34. The Morgan fingerprint density at radius 1 is 1.20 bits per heavy atom. The number of para-hydroxylation sites is 1. The van der Waals surface area contributed by atoms with E-state index in [0.717, 1.165) is 33.0 Å². The van der Waals surface area contributed by atoms with Crippen LogP contribution in [0, 0.1) is 0 Å². The molecule has 1 N–H and O–H groups in total. The van der Waals surface area contributed by atoms with Crippen LogP contribution in [0.5, 0.6) is 0 Å². The van der Waals surface area contributed by atoms with Crippen LogP contribution in [-0.4, -0.2) is 21.7 Å². The normalized spacial score (nSPS) is 12.7. The van der Waals surface area contributed by atoms with Crippen molar-refractivity contribution in [3.8, 4) is 10.6 Å². The molecule has 5 heteroatoms. The Morgan fingerprint density at radius 2 is 2.05 bits per heavy atom. The van der Waals surface area contributed by atoms with Gasteiger partial charge in [0.2, 0.25) is 0 Å². The number of aromatic nitrogens is 3. The zero-order chi connectivity index (χ0) is 13.9. The first kappa shape index (κ1) is 13.1. The molecule has 0 amide bonds. The summed E-state index contributed by atoms with van der Waals surface area (Å²) < 4.78 is 0. The van der Waals surface area contributed by atoms with Crippen molar-refractivity contribution in [3.05, 3.63) is 41.5 Å². The number of nitrogens with zero attached hydrogens (tertiary/aromatic N) is 3. The fourth-order valence-electron chi connectivity index (χ4n) is 2.19. The van der Waals surface area contributed by atoms with Crippen LogP contribution in [0.4, 0.5) is 0 Å². The Bertz CT molecular complexity index is 717. The molecule has 3 rings (SSSR count). The third kappa shape index (κ3) is 2.42. The summed E-state index contributed by atoms with van der Waals surface area (Å²) in [6, 6.07) is 10.4. The standard InChI is InChI=1S/C15H16N4S/c1-3-16-10(2)14-18-19-15(20-14)12-8-9-17-13-7-5-4-6-11(12)13/h4-10,16H,3H2,1-2H3. The van der Waals surface area contributed by atoms with Gasteiger partial charge < -0.3 is 5.32 Å². The van der Waals surface area contributed by atoms with Crippen LogP contribution in [-0.2, 0) is 0 Å². The minimum absolute atomic E-state index is 0.236. The Kier molecular flexibility index (Phi) is 3.71. The first-order valence-electron chi connectivity index (χ1n) is 6.70. The van der Waals surface area contributed by atoms with Crippen molar-refractivity contribution in [1.29, 1.82) is 0 Å². The molecule has 0 saturated heterocycles. The molecule has 0 fully saturated rings. The second-order valence-corrected chi connectivity index (χ2v) is 5.61. The van der Waals surface area contributed by atoms with E-state index in [0.29, 0.717) is 0 Å². The monoisotopic (exact) mass is 284 g/mol. The average Bonchev–Trinajstić information content (AvgIpc) is 2.97. The zero-order valence-corrected chi connectivity index (χ0v) is 12.3. The average molecular weight is 284 g/mol. The molecule has 0 aliphatic heterocycles. The van der Waals surface area contributed by atoms with Gasteiger partial charge in [-0.3, -0.25) is 4.98 Å². The second-order valence-electron chi connectivity index (χ2n) is 4.60. The van der Waals surface area contributed by atoms with Crippen LogP contribution < -0.4 is 5.32 Å². The number of benzene rings is 1. The van der Waals surface area contributed by atoms with Gasteiger partial charge in [-0.1, -0.05) is 36.5 Å². The predicted octanol–water partition coefficient (Wildman–Crippen LogP) is 3.42. The van der Waals surface area contributed by atoms with Gasteiger partial charge in [0.15, 0.2) is 0 Å². The molecular formula is C15H16N4S. The van der Waals surface area contributed by atoms with Crippen LogP contribution in [0.1, 0.15) is 24.9 Å². The number of rotatable bonds is 4. The summed E-state index contributed by atoms with van der Waals surface area (Å²) in [4.78, 5) is 4.38. The van der Waals surface area contributed by atoms with E-state index in [-0.39, 0.29) is 6.04 Å². The summed E-state index contributed by atoms with van der Waals surface area (Å²) in [5, 5.41) is 15.1. The smallest absolute Gasteiger partial charge is 0.148 e. The lowest BCUT2D eigenvalue weighted by Gasteiger charge is -2.06. The van der Waals surface area contributed by atoms with Crippen LogP contribution in [0.3, 0.4) is 0 Å². The van der Waals surface area contributed by atoms with Crippen molar-refractivity contribution in [3.63, 3.8) is 0 Å². The molecule has 0 saturated carbocycles. The fraction of sp³-hybridized carbons (Fsp3) is 0.267. The largest absolute Gasteiger partial charge is 0.308 e. The molecule has 2 aromatic heterocycles. The van der Waals surface area contributed by atoms with Crippen molar-refractivity contribution in [2.75, 3.05) is 6.54 Å². The van der Waals surface area contributed by atoms with E-state index in [1.165, 1.54) is 0 Å². The Hall–Kier alpha value is -1.85. The number of fused-ring (bicyclic) bond motifs is 1. The van der Waals surface area contributed by atoms with Gasteiger partial charge in [-0.05, 0) is 25.6 Å². The maximum Gasteiger partial charge on any atom is 0.148 e. The minimum Gasteiger partial charge on any atom is -0.308 e. The van der Waals surface area contributed by atoms with Crippen LogP contribution in [0.15, 0.2) is 36.5 Å². The van der Waals surface area contributed by atoms with Crippen LogP contribution in [0.25, 0.3) is 21.5 Å². The zero-order valence-electron chi connectivity index (χ0n) is 11.5. The van der Waals surface area contributed by atoms with E-state index in [4.69, 9.17) is 0 Å². The van der Waals surface area contributed by atoms with Gasteiger partial charge in [-0.25, -0.2) is 0 Å². The SMILES string of the molecule is CCNC(C)c1nnc(-c2ccnc3ccccc23)s1. The van der Waals surface area contributed by atoms with E-state index in [1.54, 1.807) is 11.3 Å². The Labute approximate surface area is 121 Å². The molecule has 0 bridgehead atoms. The molecule has 102 valence electrons. The lowest BCUT2D eigenvalue weighted by Crippen LogP contribution is -2.17. The molecule has 0 spiro atoms. The van der Waals surface area contributed by atoms with Gasteiger partial charge in [0.25, 0.3) is 0 Å². The summed E-state index contributed by atoms with van der Waals surface area (Å²) in [5.74, 6) is 0. The lowest BCUT2D eigenvalue weighted by atomic mass is 10.1. The van der Waals surface area contributed by atoms with Gasteiger partial charge in [0, 0.05) is 17.1 Å². The third-order valence-electron chi connectivity index (χ3n) is 3.20. The van der Waals surface area contributed by atoms with Crippen molar-refractivity contribution in [2.45, 2.75) is 19.9 Å². The van der Waals surface area contributed by atoms with E-state index >= 15 is 0 Å². The first-order valence-corrected chi connectivity index (χ1v) is 7.52. The highest BCUT2D eigenvalue weighted by molar-refractivity contribution is 7.14. The highest BCUT2D eigenvalue weighted by Gasteiger charge is 2.13. The lowest BCUT2D eigenvalue weighted by molar-refractivity contribution is 0.590. The molecule has 1 atom stereocenters. The van der Waals surface area contributed by atoms with E-state index in [9.17, 15) is 0 Å². The van der Waals surface area contributed by atoms with Crippen LogP contribution >= 0.6 is 11.3 Å². The molecular weight excluding hydrogens is 268 g/mol. The van der Waals surface area contributed by atoms with Gasteiger partial charge >= 0.3 is 0 Å². The van der Waals surface area contributed by atoms with E-state index < -0.39 is 0 Å². The van der Waals surface area contributed by atoms with E-state index in [2.05, 4.69) is 40.4 Å². The summed E-state index contributed by atoms with van der Waals surface area (Å²) in [6.07, 6.45) is 1.83. The van der Waals surface area contributed by atoms with Gasteiger partial charge in [0.05, 0.1) is 11.6 Å². The highest BCUT2D eigenvalue weighted by atomic mass is 32.1. The number of hydrogen-bond acceptors (Lipinski definition) is 5. The van der Waals surface area contributed by atoms with Crippen molar-refractivity contribution >= 4 is 22.2 Å². The number of hydrogen-bond donors (Lipinski definition) is 1. The predicted molar refractivity (Wildman–Crippen MR) is 82.7 cm³/mol. The summed E-state index contributed by atoms with van der Waals surface area (Å²) in [6.45, 7) is 5.13. The molecule has 1 aromatic carbocycles. The number of nitrogens with one attached hydrogen (secondary N) is 1. The summed E-state index contributed by atoms with van der Waals surface area (Å²) in [7, 11) is 0. The van der Waals surface area contributed by atoms with Gasteiger partial charge in [0.1, 0.15) is 10.0 Å². The van der Waals surface area contributed by atoms with Crippen molar-refractivity contribution in [1.82, 2.24) is 20.5 Å². The molecule has 2 heterocycles. The fourth-order valence-corrected chi connectivity index (χ4v) is 3.10.